The molecule has 1 aromatic carbocycles. The summed E-state index contributed by atoms with van der Waals surface area (Å²) >= 11 is -1.23. The first-order valence-electron chi connectivity index (χ1n) is 6.38. The lowest BCUT2D eigenvalue weighted by Crippen LogP contribution is -2.05. The molecule has 0 radical (unpaired) electrons. The number of benzene rings is 1. The van der Waals surface area contributed by atoms with Crippen molar-refractivity contribution in [2.24, 2.45) is 0 Å². The topological polar surface area (TPSA) is 87.3 Å². The van der Waals surface area contributed by atoms with Crippen molar-refractivity contribution in [1.29, 1.82) is 0 Å². The summed E-state index contributed by atoms with van der Waals surface area (Å²) in [5.41, 5.74) is 1.16. The van der Waals surface area contributed by atoms with E-state index < -0.39 is 11.2 Å². The zero-order valence-corrected chi connectivity index (χ0v) is 13.3. The number of hydrogen-bond donors (Lipinski definition) is 1. The third-order valence-electron chi connectivity index (χ3n) is 2.92. The van der Waals surface area contributed by atoms with E-state index in [4.69, 9.17) is 9.47 Å². The molecule has 0 fully saturated rings. The number of aromatic amines is 1. The van der Waals surface area contributed by atoms with Gasteiger partial charge in [0.25, 0.3) is 5.56 Å². The summed E-state index contributed by atoms with van der Waals surface area (Å²) in [6.45, 7) is 0. The minimum atomic E-state index is -1.23. The van der Waals surface area contributed by atoms with Gasteiger partial charge in [-0.1, -0.05) is 6.08 Å². The zero-order chi connectivity index (χ0) is 16.1. The fourth-order valence-corrected chi connectivity index (χ4v) is 2.76. The maximum Gasteiger partial charge on any atom is 0.264 e. The van der Waals surface area contributed by atoms with Crippen LogP contribution in [0.4, 0.5) is 0 Å². The summed E-state index contributed by atoms with van der Waals surface area (Å²) in [5, 5.41) is 6.25. The molecule has 0 amide bonds. The predicted molar refractivity (Wildman–Crippen MR) is 85.7 cm³/mol. The molecule has 0 spiro atoms. The maximum atomic E-state index is 11.8. The van der Waals surface area contributed by atoms with E-state index in [2.05, 4.69) is 10.2 Å². The molecule has 1 unspecified atom stereocenters. The highest BCUT2D eigenvalue weighted by molar-refractivity contribution is 7.91. The smallest absolute Gasteiger partial charge is 0.264 e. The van der Waals surface area contributed by atoms with E-state index in [0.29, 0.717) is 22.1 Å². The Morgan fingerprint density at radius 1 is 1.18 bits per heavy atom. The lowest BCUT2D eigenvalue weighted by molar-refractivity contribution is 0.373. The molecule has 6 nitrogen and oxygen atoms in total. The van der Waals surface area contributed by atoms with E-state index in [1.54, 1.807) is 36.6 Å². The number of hydrogen-bond acceptors (Lipinski definition) is 5. The van der Waals surface area contributed by atoms with E-state index in [9.17, 15) is 9.35 Å². The number of H-pyrrole nitrogens is 1. The van der Waals surface area contributed by atoms with Crippen molar-refractivity contribution in [2.45, 2.75) is 4.90 Å². The third kappa shape index (κ3) is 3.69. The molecule has 22 heavy (non-hydrogen) atoms. The van der Waals surface area contributed by atoms with Crippen LogP contribution in [0.15, 0.2) is 34.0 Å². The molecule has 2 aromatic rings. The van der Waals surface area contributed by atoms with Gasteiger partial charge in [0.15, 0.2) is 11.5 Å². The molecule has 0 saturated heterocycles. The number of ether oxygens (including phenoxy) is 2. The molecule has 1 aromatic heterocycles. The third-order valence-corrected chi connectivity index (χ3v) is 3.89. The Morgan fingerprint density at radius 2 is 1.82 bits per heavy atom. The summed E-state index contributed by atoms with van der Waals surface area (Å²) < 4.78 is 22.4. The van der Waals surface area contributed by atoms with Gasteiger partial charge < -0.3 is 14.0 Å². The highest BCUT2D eigenvalue weighted by Crippen LogP contribution is 2.35. The van der Waals surface area contributed by atoms with E-state index in [1.165, 1.54) is 20.3 Å². The summed E-state index contributed by atoms with van der Waals surface area (Å²) in [6, 6.07) is 6.54. The number of rotatable bonds is 5. The van der Waals surface area contributed by atoms with E-state index in [-0.39, 0.29) is 5.56 Å². The molecule has 116 valence electrons. The molecule has 1 N–H and O–H groups in total. The highest BCUT2D eigenvalue weighted by atomic mass is 32.2. The summed E-state index contributed by atoms with van der Waals surface area (Å²) in [7, 11) is 3.03. The average Bonchev–Trinajstić information content (AvgIpc) is 2.53. The SMILES string of the molecule is COc1cc(C=Cc2ccc(=O)[nH]n2)cc(OC)c1[S+](C)[O-]. The van der Waals surface area contributed by atoms with Crippen LogP contribution in [0.3, 0.4) is 0 Å². The number of nitrogens with zero attached hydrogens (tertiary/aromatic N) is 1. The van der Waals surface area contributed by atoms with Gasteiger partial charge in [0, 0.05) is 6.07 Å². The lowest BCUT2D eigenvalue weighted by atomic mass is 10.1. The molecule has 1 heterocycles. The Balaban J connectivity index is 2.39. The minimum absolute atomic E-state index is 0.254. The Kier molecular flexibility index (Phi) is 5.24. The standard InChI is InChI=1S/C15H16N2O4S/c1-20-12-8-10(9-13(21-2)15(12)22(3)19)4-5-11-6-7-14(18)17-16-11/h4-9H,1-3H3,(H,17,18). The molecular formula is C15H16N2O4S. The lowest BCUT2D eigenvalue weighted by Gasteiger charge is -2.14. The molecule has 0 saturated carbocycles. The second-order valence-corrected chi connectivity index (χ2v) is 5.70. The second kappa shape index (κ2) is 7.15. The van der Waals surface area contributed by atoms with Crippen LogP contribution in [0.5, 0.6) is 11.5 Å². The highest BCUT2D eigenvalue weighted by Gasteiger charge is 2.20. The quantitative estimate of drug-likeness (QED) is 0.847. The molecular weight excluding hydrogens is 304 g/mol. The summed E-state index contributed by atoms with van der Waals surface area (Å²) in [6.07, 6.45) is 5.11. The van der Waals surface area contributed by atoms with Crippen LogP contribution in [0.2, 0.25) is 0 Å². The Hall–Kier alpha value is -2.25. The number of nitrogens with one attached hydrogen (secondary N) is 1. The van der Waals surface area contributed by atoms with E-state index in [1.807, 2.05) is 0 Å². The predicted octanol–water partition coefficient (Wildman–Crippen LogP) is 1.69. The largest absolute Gasteiger partial charge is 0.611 e. The summed E-state index contributed by atoms with van der Waals surface area (Å²) in [5.74, 6) is 0.989. The van der Waals surface area contributed by atoms with E-state index in [0.717, 1.165) is 5.56 Å². The molecule has 0 aliphatic carbocycles. The fourth-order valence-electron chi connectivity index (χ4n) is 1.91. The van der Waals surface area contributed by atoms with Crippen molar-refractivity contribution in [3.05, 3.63) is 45.9 Å². The van der Waals surface area contributed by atoms with Gasteiger partial charge in [-0.15, -0.1) is 0 Å². The van der Waals surface area contributed by atoms with Gasteiger partial charge in [-0.3, -0.25) is 4.79 Å². The molecule has 0 aliphatic rings. The van der Waals surface area contributed by atoms with Crippen LogP contribution < -0.4 is 15.0 Å². The van der Waals surface area contributed by atoms with Crippen molar-refractivity contribution in [3.63, 3.8) is 0 Å². The van der Waals surface area contributed by atoms with Crippen LogP contribution >= 0.6 is 0 Å². The van der Waals surface area contributed by atoms with Crippen LogP contribution in [0.25, 0.3) is 12.2 Å². The van der Waals surface area contributed by atoms with Gasteiger partial charge in [-0.2, -0.15) is 5.10 Å². The first kappa shape index (κ1) is 16.1. The van der Waals surface area contributed by atoms with Crippen molar-refractivity contribution in [1.82, 2.24) is 10.2 Å². The Labute approximate surface area is 131 Å². The van der Waals surface area contributed by atoms with Crippen molar-refractivity contribution < 1.29 is 14.0 Å². The number of methoxy groups -OCH3 is 2. The van der Waals surface area contributed by atoms with Gasteiger partial charge in [-0.05, 0) is 41.0 Å². The van der Waals surface area contributed by atoms with Crippen molar-refractivity contribution in [2.75, 3.05) is 20.5 Å². The fraction of sp³-hybridized carbons (Fsp3) is 0.200. The van der Waals surface area contributed by atoms with Gasteiger partial charge in [0.2, 0.25) is 4.90 Å². The van der Waals surface area contributed by atoms with Gasteiger partial charge in [0.05, 0.1) is 19.9 Å². The second-order valence-electron chi connectivity index (χ2n) is 4.39. The first-order valence-corrected chi connectivity index (χ1v) is 7.94. The minimum Gasteiger partial charge on any atom is -0.611 e. The molecule has 0 bridgehead atoms. The van der Waals surface area contributed by atoms with Gasteiger partial charge in [-0.25, -0.2) is 5.10 Å². The monoisotopic (exact) mass is 320 g/mol. The summed E-state index contributed by atoms with van der Waals surface area (Å²) in [4.78, 5) is 11.5. The molecule has 2 rings (SSSR count). The van der Waals surface area contributed by atoms with Crippen LogP contribution in [-0.4, -0.2) is 35.2 Å². The van der Waals surface area contributed by atoms with Crippen LogP contribution in [0.1, 0.15) is 11.3 Å². The van der Waals surface area contributed by atoms with Crippen LogP contribution in [0, 0.1) is 0 Å². The molecule has 0 aliphatic heterocycles. The van der Waals surface area contributed by atoms with Crippen molar-refractivity contribution >= 4 is 23.3 Å². The first-order chi connectivity index (χ1) is 10.5. The zero-order valence-electron chi connectivity index (χ0n) is 12.5. The normalized spacial score (nSPS) is 12.4. The van der Waals surface area contributed by atoms with E-state index >= 15 is 0 Å². The number of aromatic nitrogens is 2. The van der Waals surface area contributed by atoms with Gasteiger partial charge >= 0.3 is 0 Å². The van der Waals surface area contributed by atoms with Gasteiger partial charge in [0.1, 0.15) is 6.26 Å². The molecule has 7 heteroatoms. The Bertz CT molecular complexity index is 695. The molecule has 1 atom stereocenters. The Morgan fingerprint density at radius 3 is 2.27 bits per heavy atom. The van der Waals surface area contributed by atoms with Crippen molar-refractivity contribution in [3.8, 4) is 11.5 Å². The average molecular weight is 320 g/mol. The van der Waals surface area contributed by atoms with Crippen LogP contribution in [-0.2, 0) is 11.2 Å². The maximum absolute atomic E-state index is 11.8.